The van der Waals surface area contributed by atoms with E-state index in [1.807, 2.05) is 0 Å². The summed E-state index contributed by atoms with van der Waals surface area (Å²) in [5, 5.41) is 5.07. The van der Waals surface area contributed by atoms with Crippen molar-refractivity contribution in [1.29, 1.82) is 0 Å². The van der Waals surface area contributed by atoms with Crippen molar-refractivity contribution in [2.24, 2.45) is 0 Å². The highest BCUT2D eigenvalue weighted by Crippen LogP contribution is 1.97. The molecule has 5 heteroatoms. The lowest BCUT2D eigenvalue weighted by atomic mass is 10.2. The fraction of sp³-hybridized carbons (Fsp3) is 0.667. The Bertz CT molecular complexity index is 195. The van der Waals surface area contributed by atoms with E-state index in [-0.39, 0.29) is 11.8 Å². The molecule has 11 heavy (non-hydrogen) atoms. The lowest BCUT2D eigenvalue weighted by Crippen LogP contribution is -2.61. The summed E-state index contributed by atoms with van der Waals surface area (Å²) >= 11 is 3.92. The van der Waals surface area contributed by atoms with Crippen LogP contribution in [0, 0.1) is 0 Å². The average molecular weight is 174 g/mol. The van der Waals surface area contributed by atoms with Crippen molar-refractivity contribution in [3.05, 3.63) is 0 Å². The highest BCUT2D eigenvalue weighted by atomic mass is 32.1. The number of carbonyl (C=O) groups is 2. The molecule has 1 saturated heterocycles. The molecule has 0 aromatic rings. The zero-order chi connectivity index (χ0) is 8.43. The second-order valence-electron chi connectivity index (χ2n) is 2.47. The quantitative estimate of drug-likeness (QED) is 0.443. The second-order valence-corrected chi connectivity index (χ2v) is 2.84. The number of hydrogen-bond acceptors (Lipinski definition) is 3. The fourth-order valence-electron chi connectivity index (χ4n) is 0.870. The third-order valence-electron chi connectivity index (χ3n) is 1.57. The molecule has 1 fully saturated rings. The number of carbonyl (C=O) groups excluding carboxylic acids is 2. The van der Waals surface area contributed by atoms with E-state index in [2.05, 4.69) is 23.3 Å². The van der Waals surface area contributed by atoms with Crippen molar-refractivity contribution >= 4 is 24.4 Å². The van der Waals surface area contributed by atoms with Gasteiger partial charge < -0.3 is 10.6 Å². The molecule has 0 radical (unpaired) electrons. The largest absolute Gasteiger partial charge is 0.343 e. The van der Waals surface area contributed by atoms with Crippen molar-refractivity contribution in [3.8, 4) is 0 Å². The Balaban J connectivity index is 2.62. The lowest BCUT2D eigenvalue weighted by Gasteiger charge is -2.26. The molecule has 1 heterocycles. The highest BCUT2D eigenvalue weighted by molar-refractivity contribution is 7.80. The van der Waals surface area contributed by atoms with Gasteiger partial charge in [0.05, 0.1) is 0 Å². The van der Waals surface area contributed by atoms with Gasteiger partial charge in [-0.15, -0.1) is 0 Å². The topological polar surface area (TPSA) is 58.2 Å². The Kier molecular flexibility index (Phi) is 2.38. The van der Waals surface area contributed by atoms with Crippen LogP contribution in [0.5, 0.6) is 0 Å². The first kappa shape index (κ1) is 8.39. The molecule has 0 aromatic heterocycles. The maximum atomic E-state index is 11.0. The van der Waals surface area contributed by atoms with Gasteiger partial charge in [0.2, 0.25) is 11.8 Å². The number of rotatable bonds is 1. The van der Waals surface area contributed by atoms with E-state index < -0.39 is 12.1 Å². The molecule has 1 rings (SSSR count). The SMILES string of the molecule is CC1NC(=O)C(CS)NC1=O. The van der Waals surface area contributed by atoms with Crippen LogP contribution >= 0.6 is 12.6 Å². The Labute approximate surface area is 70.1 Å². The van der Waals surface area contributed by atoms with E-state index in [4.69, 9.17) is 0 Å². The molecule has 0 aromatic carbocycles. The van der Waals surface area contributed by atoms with Crippen LogP contribution in [0.4, 0.5) is 0 Å². The summed E-state index contributed by atoms with van der Waals surface area (Å²) in [6.45, 7) is 1.64. The lowest BCUT2D eigenvalue weighted by molar-refractivity contribution is -0.135. The van der Waals surface area contributed by atoms with Gasteiger partial charge in [-0.05, 0) is 6.92 Å². The number of hydrogen-bond donors (Lipinski definition) is 3. The van der Waals surface area contributed by atoms with E-state index in [0.29, 0.717) is 5.75 Å². The van der Waals surface area contributed by atoms with Gasteiger partial charge in [0.15, 0.2) is 0 Å². The molecule has 4 nitrogen and oxygen atoms in total. The molecule has 0 aliphatic carbocycles. The zero-order valence-electron chi connectivity index (χ0n) is 6.13. The monoisotopic (exact) mass is 174 g/mol. The molecule has 62 valence electrons. The predicted octanol–water partition coefficient (Wildman–Crippen LogP) is -1.08. The molecule has 0 spiro atoms. The third kappa shape index (κ3) is 1.65. The van der Waals surface area contributed by atoms with Crippen LogP contribution in [0.2, 0.25) is 0 Å². The number of amides is 2. The van der Waals surface area contributed by atoms with Crippen LogP contribution in [0.1, 0.15) is 6.92 Å². The summed E-state index contributed by atoms with van der Waals surface area (Å²) in [4.78, 5) is 22.0. The molecule has 1 aliphatic rings. The Morgan fingerprint density at radius 3 is 2.55 bits per heavy atom. The molecule has 2 unspecified atom stereocenters. The first-order valence-corrected chi connectivity index (χ1v) is 4.00. The Hall–Kier alpha value is -0.710. The molecule has 2 N–H and O–H groups in total. The van der Waals surface area contributed by atoms with Gasteiger partial charge in [0.25, 0.3) is 0 Å². The van der Waals surface area contributed by atoms with Gasteiger partial charge in [0, 0.05) is 5.75 Å². The number of thiol groups is 1. The summed E-state index contributed by atoms with van der Waals surface area (Å²) < 4.78 is 0. The van der Waals surface area contributed by atoms with Crippen LogP contribution in [0.25, 0.3) is 0 Å². The average Bonchev–Trinajstić information content (AvgIpc) is 1.97. The van der Waals surface area contributed by atoms with E-state index in [0.717, 1.165) is 0 Å². The van der Waals surface area contributed by atoms with E-state index in [1.165, 1.54) is 0 Å². The highest BCUT2D eigenvalue weighted by Gasteiger charge is 2.29. The van der Waals surface area contributed by atoms with Gasteiger partial charge in [-0.2, -0.15) is 12.6 Å². The second kappa shape index (κ2) is 3.13. The molecular formula is C6H10N2O2S. The van der Waals surface area contributed by atoms with Gasteiger partial charge in [-0.25, -0.2) is 0 Å². The minimum atomic E-state index is -0.470. The van der Waals surface area contributed by atoms with Crippen molar-refractivity contribution < 1.29 is 9.59 Å². The molecule has 2 amide bonds. The van der Waals surface area contributed by atoms with Crippen LogP contribution in [-0.4, -0.2) is 29.7 Å². The standard InChI is InChI=1S/C6H10N2O2S/c1-3-5(9)8-4(2-11)6(10)7-3/h3-4,11H,2H2,1H3,(H,7,10)(H,8,9). The zero-order valence-corrected chi connectivity index (χ0v) is 7.02. The Morgan fingerprint density at radius 2 is 2.00 bits per heavy atom. The predicted molar refractivity (Wildman–Crippen MR) is 43.4 cm³/mol. The summed E-state index contributed by atoms with van der Waals surface area (Å²) in [6, 6.07) is -0.888. The van der Waals surface area contributed by atoms with E-state index in [9.17, 15) is 9.59 Å². The molecule has 2 atom stereocenters. The van der Waals surface area contributed by atoms with Crippen LogP contribution in [0.15, 0.2) is 0 Å². The molecule has 0 bridgehead atoms. The third-order valence-corrected chi connectivity index (χ3v) is 1.93. The van der Waals surface area contributed by atoms with Crippen molar-refractivity contribution in [3.63, 3.8) is 0 Å². The first-order chi connectivity index (χ1) is 5.15. The summed E-state index contributed by atoms with van der Waals surface area (Å²) in [5.41, 5.74) is 0. The number of piperazine rings is 1. The summed E-state index contributed by atoms with van der Waals surface area (Å²) in [7, 11) is 0. The normalized spacial score (nSPS) is 31.1. The molecule has 0 saturated carbocycles. The van der Waals surface area contributed by atoms with Gasteiger partial charge in [-0.1, -0.05) is 0 Å². The van der Waals surface area contributed by atoms with Gasteiger partial charge in [0.1, 0.15) is 12.1 Å². The maximum Gasteiger partial charge on any atom is 0.244 e. The minimum Gasteiger partial charge on any atom is -0.343 e. The van der Waals surface area contributed by atoms with Crippen molar-refractivity contribution in [2.45, 2.75) is 19.0 Å². The summed E-state index contributed by atoms with van der Waals surface area (Å²) in [6.07, 6.45) is 0. The van der Waals surface area contributed by atoms with E-state index in [1.54, 1.807) is 6.92 Å². The van der Waals surface area contributed by atoms with Crippen LogP contribution < -0.4 is 10.6 Å². The summed E-state index contributed by atoms with van der Waals surface area (Å²) in [5.74, 6) is 0.0281. The molecular weight excluding hydrogens is 164 g/mol. The van der Waals surface area contributed by atoms with Crippen LogP contribution in [-0.2, 0) is 9.59 Å². The van der Waals surface area contributed by atoms with Crippen LogP contribution in [0.3, 0.4) is 0 Å². The van der Waals surface area contributed by atoms with Gasteiger partial charge in [-0.3, -0.25) is 9.59 Å². The van der Waals surface area contributed by atoms with Gasteiger partial charge >= 0.3 is 0 Å². The fourth-order valence-corrected chi connectivity index (χ4v) is 1.13. The van der Waals surface area contributed by atoms with E-state index >= 15 is 0 Å². The molecule has 1 aliphatic heterocycles. The smallest absolute Gasteiger partial charge is 0.244 e. The maximum absolute atomic E-state index is 11.0. The Morgan fingerprint density at radius 1 is 1.36 bits per heavy atom. The first-order valence-electron chi connectivity index (χ1n) is 3.36. The van der Waals surface area contributed by atoms with Crippen molar-refractivity contribution in [2.75, 3.05) is 5.75 Å². The van der Waals surface area contributed by atoms with Crippen molar-refractivity contribution in [1.82, 2.24) is 10.6 Å². The number of nitrogens with one attached hydrogen (secondary N) is 2. The minimum absolute atomic E-state index is 0.149.